The third kappa shape index (κ3) is 3.42. The Bertz CT molecular complexity index is 463. The first-order valence-corrected chi connectivity index (χ1v) is 9.48. The fourth-order valence-corrected chi connectivity index (χ4v) is 4.86. The number of rotatable bonds is 5. The predicted molar refractivity (Wildman–Crippen MR) is 91.0 cm³/mol. The molecule has 0 aliphatic heterocycles. The van der Waals surface area contributed by atoms with Crippen molar-refractivity contribution in [2.24, 2.45) is 11.7 Å². The largest absolute Gasteiger partial charge is 0.345 e. The van der Waals surface area contributed by atoms with Gasteiger partial charge in [-0.15, -0.1) is 0 Å². The van der Waals surface area contributed by atoms with Crippen LogP contribution in [0.15, 0.2) is 0 Å². The van der Waals surface area contributed by atoms with Crippen LogP contribution in [0.5, 0.6) is 0 Å². The van der Waals surface area contributed by atoms with Crippen molar-refractivity contribution in [3.8, 4) is 0 Å². The van der Waals surface area contributed by atoms with Crippen LogP contribution in [0.1, 0.15) is 75.4 Å². The van der Waals surface area contributed by atoms with Crippen molar-refractivity contribution < 1.29 is 0 Å². The molecule has 1 heterocycles. The highest BCUT2D eigenvalue weighted by molar-refractivity contribution is 7.15. The molecule has 3 nitrogen and oxygen atoms in total. The third-order valence-electron chi connectivity index (χ3n) is 4.94. The number of anilines is 1. The molecule has 1 fully saturated rings. The molecule has 0 amide bonds. The number of nitrogens with two attached hydrogens (primary N) is 1. The van der Waals surface area contributed by atoms with Crippen molar-refractivity contribution in [1.82, 2.24) is 4.98 Å². The van der Waals surface area contributed by atoms with Crippen molar-refractivity contribution in [3.05, 3.63) is 10.6 Å². The average molecular weight is 308 g/mol. The summed E-state index contributed by atoms with van der Waals surface area (Å²) >= 11 is 1.88. The highest BCUT2D eigenvalue weighted by Crippen LogP contribution is 2.38. The van der Waals surface area contributed by atoms with E-state index in [2.05, 4.69) is 18.7 Å². The fourth-order valence-electron chi connectivity index (χ4n) is 3.61. The summed E-state index contributed by atoms with van der Waals surface area (Å²) in [6, 6.07) is 0.947. The van der Waals surface area contributed by atoms with E-state index in [-0.39, 0.29) is 6.04 Å². The van der Waals surface area contributed by atoms with Crippen LogP contribution in [0.3, 0.4) is 0 Å². The number of nitrogens with zero attached hydrogens (tertiary/aromatic N) is 2. The van der Waals surface area contributed by atoms with E-state index >= 15 is 0 Å². The summed E-state index contributed by atoms with van der Waals surface area (Å²) in [5, 5.41) is 1.25. The molecule has 2 N–H and O–H groups in total. The van der Waals surface area contributed by atoms with E-state index in [9.17, 15) is 0 Å². The number of fused-ring (bicyclic) bond motifs is 1. The van der Waals surface area contributed by atoms with Gasteiger partial charge in [-0.2, -0.15) is 0 Å². The second-order valence-electron chi connectivity index (χ2n) is 7.12. The topological polar surface area (TPSA) is 42.2 Å². The van der Waals surface area contributed by atoms with Gasteiger partial charge in [0.25, 0.3) is 0 Å². The maximum atomic E-state index is 6.29. The summed E-state index contributed by atoms with van der Waals surface area (Å²) in [5.41, 5.74) is 7.58. The summed E-state index contributed by atoms with van der Waals surface area (Å²) in [6.45, 7) is 5.79. The Kier molecular flexibility index (Phi) is 4.85. The van der Waals surface area contributed by atoms with Crippen molar-refractivity contribution >= 4 is 16.5 Å². The second-order valence-corrected chi connectivity index (χ2v) is 8.13. The SMILES string of the molecule is CC(C)CCN(c1nc2c(s1)C(N)CCC2)C1CCCC1. The zero-order chi connectivity index (χ0) is 14.8. The zero-order valence-electron chi connectivity index (χ0n) is 13.5. The van der Waals surface area contributed by atoms with Crippen LogP contribution >= 0.6 is 11.3 Å². The Morgan fingerprint density at radius 1 is 1.24 bits per heavy atom. The van der Waals surface area contributed by atoms with E-state index in [4.69, 9.17) is 10.7 Å². The van der Waals surface area contributed by atoms with Gasteiger partial charge in [0.2, 0.25) is 0 Å². The van der Waals surface area contributed by atoms with Crippen LogP contribution < -0.4 is 10.6 Å². The Morgan fingerprint density at radius 3 is 2.67 bits per heavy atom. The number of aromatic nitrogens is 1. The number of hydrogen-bond donors (Lipinski definition) is 1. The van der Waals surface area contributed by atoms with E-state index < -0.39 is 0 Å². The van der Waals surface area contributed by atoms with Gasteiger partial charge in [-0.1, -0.05) is 38.0 Å². The van der Waals surface area contributed by atoms with Crippen LogP contribution in [0.25, 0.3) is 0 Å². The Balaban J connectivity index is 1.81. The van der Waals surface area contributed by atoms with Crippen molar-refractivity contribution in [2.45, 2.75) is 77.3 Å². The monoisotopic (exact) mass is 307 g/mol. The number of aryl methyl sites for hydroxylation is 1. The average Bonchev–Trinajstić information content (AvgIpc) is 3.08. The maximum absolute atomic E-state index is 6.29. The van der Waals surface area contributed by atoms with E-state index in [1.807, 2.05) is 11.3 Å². The minimum absolute atomic E-state index is 0.232. The van der Waals surface area contributed by atoms with Gasteiger partial charge in [0, 0.05) is 23.5 Å². The molecule has 0 bridgehead atoms. The summed E-state index contributed by atoms with van der Waals surface area (Å²) in [6.07, 6.45) is 10.2. The fraction of sp³-hybridized carbons (Fsp3) is 0.824. The van der Waals surface area contributed by atoms with Crippen LogP contribution in [0.4, 0.5) is 5.13 Å². The smallest absolute Gasteiger partial charge is 0.186 e. The van der Waals surface area contributed by atoms with Gasteiger partial charge < -0.3 is 10.6 Å². The predicted octanol–water partition coefficient (Wildman–Crippen LogP) is 4.27. The van der Waals surface area contributed by atoms with Crippen molar-refractivity contribution in [2.75, 3.05) is 11.4 Å². The minimum Gasteiger partial charge on any atom is -0.345 e. The highest BCUT2D eigenvalue weighted by Gasteiger charge is 2.28. The van der Waals surface area contributed by atoms with Crippen LogP contribution in [-0.4, -0.2) is 17.6 Å². The van der Waals surface area contributed by atoms with Crippen molar-refractivity contribution in [3.63, 3.8) is 0 Å². The lowest BCUT2D eigenvalue weighted by Crippen LogP contribution is -2.34. The molecule has 1 aromatic rings. The molecule has 0 aromatic carbocycles. The molecule has 1 saturated carbocycles. The first-order chi connectivity index (χ1) is 10.1. The molecule has 4 heteroatoms. The second kappa shape index (κ2) is 6.66. The third-order valence-corrected chi connectivity index (χ3v) is 6.21. The molecule has 3 rings (SSSR count). The molecule has 2 aliphatic carbocycles. The standard InChI is InChI=1S/C17H29N3S/c1-12(2)10-11-20(13-6-3-4-7-13)17-19-15-9-5-8-14(18)16(15)21-17/h12-14H,3-11,18H2,1-2H3. The Labute approximate surface area is 132 Å². The maximum Gasteiger partial charge on any atom is 0.186 e. The first kappa shape index (κ1) is 15.3. The van der Waals surface area contributed by atoms with Gasteiger partial charge in [0.05, 0.1) is 5.69 Å². The molecule has 1 atom stereocenters. The molecule has 2 aliphatic rings. The molecular weight excluding hydrogens is 278 g/mol. The van der Waals surface area contributed by atoms with Gasteiger partial charge in [-0.3, -0.25) is 0 Å². The summed E-state index contributed by atoms with van der Waals surface area (Å²) in [5.74, 6) is 0.755. The lowest BCUT2D eigenvalue weighted by atomic mass is 9.99. The summed E-state index contributed by atoms with van der Waals surface area (Å²) in [4.78, 5) is 8.97. The summed E-state index contributed by atoms with van der Waals surface area (Å²) in [7, 11) is 0. The lowest BCUT2D eigenvalue weighted by molar-refractivity contribution is 0.526. The van der Waals surface area contributed by atoms with Gasteiger partial charge in [-0.05, 0) is 44.4 Å². The quantitative estimate of drug-likeness (QED) is 0.883. The highest BCUT2D eigenvalue weighted by atomic mass is 32.1. The van der Waals surface area contributed by atoms with E-state index in [1.54, 1.807) is 0 Å². The number of hydrogen-bond acceptors (Lipinski definition) is 4. The van der Waals surface area contributed by atoms with Gasteiger partial charge in [0.15, 0.2) is 5.13 Å². The number of thiazole rings is 1. The van der Waals surface area contributed by atoms with Crippen molar-refractivity contribution in [1.29, 1.82) is 0 Å². The van der Waals surface area contributed by atoms with Crippen LogP contribution in [0.2, 0.25) is 0 Å². The first-order valence-electron chi connectivity index (χ1n) is 8.67. The lowest BCUT2D eigenvalue weighted by Gasteiger charge is -2.29. The van der Waals surface area contributed by atoms with Crippen LogP contribution in [-0.2, 0) is 6.42 Å². The molecule has 21 heavy (non-hydrogen) atoms. The molecule has 118 valence electrons. The summed E-state index contributed by atoms with van der Waals surface area (Å²) < 4.78 is 0. The molecular formula is C17H29N3S. The van der Waals surface area contributed by atoms with E-state index in [0.717, 1.165) is 25.3 Å². The molecule has 1 aromatic heterocycles. The van der Waals surface area contributed by atoms with E-state index in [1.165, 1.54) is 54.2 Å². The van der Waals surface area contributed by atoms with Gasteiger partial charge in [0.1, 0.15) is 0 Å². The molecule has 0 spiro atoms. The molecule has 0 radical (unpaired) electrons. The zero-order valence-corrected chi connectivity index (χ0v) is 14.3. The minimum atomic E-state index is 0.232. The normalized spacial score (nSPS) is 22.8. The van der Waals surface area contributed by atoms with E-state index in [0.29, 0.717) is 6.04 Å². The molecule has 0 saturated heterocycles. The van der Waals surface area contributed by atoms with Gasteiger partial charge >= 0.3 is 0 Å². The molecule has 1 unspecified atom stereocenters. The van der Waals surface area contributed by atoms with Gasteiger partial charge in [-0.25, -0.2) is 4.98 Å². The Hall–Kier alpha value is -0.610. The Morgan fingerprint density at radius 2 is 2.00 bits per heavy atom. The van der Waals surface area contributed by atoms with Crippen LogP contribution in [0, 0.1) is 5.92 Å².